The molecule has 0 aliphatic rings. The van der Waals surface area contributed by atoms with E-state index in [9.17, 15) is 13.2 Å². The summed E-state index contributed by atoms with van der Waals surface area (Å²) in [5.41, 5.74) is 0.610. The summed E-state index contributed by atoms with van der Waals surface area (Å²) in [5.74, 6) is -3.74. The average Bonchev–Trinajstić information content (AvgIpc) is 2.68. The average molecular weight is 226 g/mol. The first kappa shape index (κ1) is 10.7. The molecule has 0 spiro atoms. The van der Waals surface area contributed by atoms with Gasteiger partial charge in [-0.15, -0.1) is 0 Å². The number of rotatable bonds is 2. The van der Waals surface area contributed by atoms with Crippen molar-refractivity contribution >= 4 is 0 Å². The minimum absolute atomic E-state index is 0.344. The minimum atomic E-state index is -3.05. The summed E-state index contributed by atoms with van der Waals surface area (Å²) < 4.78 is 39.3. The van der Waals surface area contributed by atoms with Crippen molar-refractivity contribution in [1.82, 2.24) is 10.2 Å². The number of hydrogen-bond donors (Lipinski definition) is 1. The van der Waals surface area contributed by atoms with Crippen LogP contribution in [0.5, 0.6) is 0 Å². The van der Waals surface area contributed by atoms with Crippen molar-refractivity contribution < 1.29 is 13.2 Å². The van der Waals surface area contributed by atoms with E-state index in [4.69, 9.17) is 0 Å². The monoisotopic (exact) mass is 226 g/mol. The first-order chi connectivity index (χ1) is 7.47. The molecule has 2 aromatic rings. The molecule has 0 aliphatic heterocycles. The van der Waals surface area contributed by atoms with Gasteiger partial charge in [-0.3, -0.25) is 5.10 Å². The Kier molecular flexibility index (Phi) is 2.46. The predicted molar refractivity (Wildman–Crippen MR) is 53.5 cm³/mol. The van der Waals surface area contributed by atoms with Gasteiger partial charge in [0.2, 0.25) is 0 Å². The Morgan fingerprint density at radius 2 is 1.94 bits per heavy atom. The molecule has 1 aromatic heterocycles. The molecule has 2 nitrogen and oxygen atoms in total. The van der Waals surface area contributed by atoms with Crippen LogP contribution in [0.3, 0.4) is 0 Å². The second kappa shape index (κ2) is 3.66. The first-order valence-electron chi connectivity index (χ1n) is 4.65. The molecule has 2 rings (SSSR count). The van der Waals surface area contributed by atoms with Crippen molar-refractivity contribution in [2.45, 2.75) is 12.8 Å². The molecule has 0 amide bonds. The Bertz CT molecular complexity index is 486. The van der Waals surface area contributed by atoms with Crippen LogP contribution in [0.25, 0.3) is 11.1 Å². The van der Waals surface area contributed by atoms with Gasteiger partial charge in [0.15, 0.2) is 0 Å². The lowest BCUT2D eigenvalue weighted by Gasteiger charge is -2.11. The predicted octanol–water partition coefficient (Wildman–Crippen LogP) is 3.33. The molecule has 0 saturated carbocycles. The quantitative estimate of drug-likeness (QED) is 0.835. The van der Waals surface area contributed by atoms with Gasteiger partial charge in [0, 0.05) is 24.2 Å². The van der Waals surface area contributed by atoms with Crippen molar-refractivity contribution in [3.05, 3.63) is 42.0 Å². The molecule has 0 unspecified atom stereocenters. The van der Waals surface area contributed by atoms with E-state index in [2.05, 4.69) is 10.2 Å². The van der Waals surface area contributed by atoms with Crippen LogP contribution < -0.4 is 0 Å². The lowest BCUT2D eigenvalue weighted by molar-refractivity contribution is 0.0172. The highest BCUT2D eigenvalue weighted by Crippen LogP contribution is 2.31. The van der Waals surface area contributed by atoms with Crippen LogP contribution in [0.15, 0.2) is 30.6 Å². The van der Waals surface area contributed by atoms with Crippen LogP contribution in [0.1, 0.15) is 12.5 Å². The second-order valence-corrected chi connectivity index (χ2v) is 3.60. The fraction of sp³-hybridized carbons (Fsp3) is 0.182. The number of aromatic amines is 1. The highest BCUT2D eigenvalue weighted by atomic mass is 19.3. The lowest BCUT2D eigenvalue weighted by atomic mass is 10.0. The summed E-state index contributed by atoms with van der Waals surface area (Å²) in [4.78, 5) is 0. The molecule has 0 atom stereocenters. The molecule has 0 aliphatic carbocycles. The number of alkyl halides is 2. The first-order valence-corrected chi connectivity index (χ1v) is 4.65. The maximum absolute atomic E-state index is 13.2. The second-order valence-electron chi connectivity index (χ2n) is 3.60. The molecule has 0 bridgehead atoms. The third-order valence-electron chi connectivity index (χ3n) is 2.24. The van der Waals surface area contributed by atoms with Crippen LogP contribution in [-0.2, 0) is 5.92 Å². The highest BCUT2D eigenvalue weighted by Gasteiger charge is 2.25. The zero-order valence-electron chi connectivity index (χ0n) is 8.47. The Morgan fingerprint density at radius 3 is 2.50 bits per heavy atom. The Morgan fingerprint density at radius 1 is 1.19 bits per heavy atom. The van der Waals surface area contributed by atoms with Crippen molar-refractivity contribution in [1.29, 1.82) is 0 Å². The molecule has 1 aromatic carbocycles. The topological polar surface area (TPSA) is 28.7 Å². The summed E-state index contributed by atoms with van der Waals surface area (Å²) in [6.45, 7) is 0.737. The molecule has 16 heavy (non-hydrogen) atoms. The molecule has 0 saturated heterocycles. The third kappa shape index (κ3) is 2.08. The third-order valence-corrected chi connectivity index (χ3v) is 2.24. The molecule has 0 radical (unpaired) electrons. The maximum atomic E-state index is 13.2. The summed E-state index contributed by atoms with van der Waals surface area (Å²) in [7, 11) is 0. The van der Waals surface area contributed by atoms with E-state index >= 15 is 0 Å². The molecule has 0 fully saturated rings. The van der Waals surface area contributed by atoms with Crippen LogP contribution in [0.4, 0.5) is 13.2 Å². The SMILES string of the molecule is CC(F)(F)c1cc(F)cc(-c2cn[nH]c2)c1. The van der Waals surface area contributed by atoms with Crippen molar-refractivity contribution in [2.24, 2.45) is 0 Å². The summed E-state index contributed by atoms with van der Waals surface area (Å²) in [6, 6.07) is 3.29. The molecule has 84 valence electrons. The van der Waals surface area contributed by atoms with Gasteiger partial charge >= 0.3 is 0 Å². The zero-order chi connectivity index (χ0) is 11.8. The number of nitrogens with zero attached hydrogens (tertiary/aromatic N) is 1. The van der Waals surface area contributed by atoms with Gasteiger partial charge in [-0.2, -0.15) is 5.10 Å². The van der Waals surface area contributed by atoms with E-state index in [1.807, 2.05) is 0 Å². The van der Waals surface area contributed by atoms with Gasteiger partial charge in [-0.05, 0) is 23.8 Å². The lowest BCUT2D eigenvalue weighted by Crippen LogP contribution is -2.07. The van der Waals surface area contributed by atoms with Gasteiger partial charge in [0.25, 0.3) is 5.92 Å². The number of aromatic nitrogens is 2. The number of H-pyrrole nitrogens is 1. The van der Waals surface area contributed by atoms with Crippen molar-refractivity contribution in [3.8, 4) is 11.1 Å². The largest absolute Gasteiger partial charge is 0.285 e. The number of benzene rings is 1. The summed E-state index contributed by atoms with van der Waals surface area (Å²) in [6.07, 6.45) is 2.97. The normalized spacial score (nSPS) is 11.8. The van der Waals surface area contributed by atoms with Gasteiger partial charge < -0.3 is 0 Å². The van der Waals surface area contributed by atoms with Gasteiger partial charge in [0.05, 0.1) is 6.20 Å². The van der Waals surface area contributed by atoms with Gasteiger partial charge in [-0.1, -0.05) is 0 Å². The van der Waals surface area contributed by atoms with Crippen molar-refractivity contribution in [2.75, 3.05) is 0 Å². The van der Waals surface area contributed by atoms with Crippen LogP contribution in [-0.4, -0.2) is 10.2 Å². The van der Waals surface area contributed by atoms with E-state index in [0.717, 1.165) is 13.0 Å². The Hall–Kier alpha value is -1.78. The zero-order valence-corrected chi connectivity index (χ0v) is 8.47. The van der Waals surface area contributed by atoms with Crippen LogP contribution in [0, 0.1) is 5.82 Å². The van der Waals surface area contributed by atoms with Gasteiger partial charge in [0.1, 0.15) is 5.82 Å². The van der Waals surface area contributed by atoms with Gasteiger partial charge in [-0.25, -0.2) is 13.2 Å². The molecule has 5 heteroatoms. The van der Waals surface area contributed by atoms with E-state index in [-0.39, 0.29) is 5.56 Å². The van der Waals surface area contributed by atoms with E-state index < -0.39 is 11.7 Å². The Labute approximate surface area is 90.1 Å². The number of nitrogens with one attached hydrogen (secondary N) is 1. The van der Waals surface area contributed by atoms with E-state index in [1.165, 1.54) is 24.5 Å². The fourth-order valence-corrected chi connectivity index (χ4v) is 1.42. The summed E-state index contributed by atoms with van der Waals surface area (Å²) >= 11 is 0. The maximum Gasteiger partial charge on any atom is 0.270 e. The van der Waals surface area contributed by atoms with E-state index in [0.29, 0.717) is 11.1 Å². The standard InChI is InChI=1S/C11H9F3N2/c1-11(13,14)9-2-7(3-10(12)4-9)8-5-15-16-6-8/h2-6H,1H3,(H,15,16). The smallest absolute Gasteiger partial charge is 0.270 e. The number of hydrogen-bond acceptors (Lipinski definition) is 1. The van der Waals surface area contributed by atoms with Crippen LogP contribution >= 0.6 is 0 Å². The molecular formula is C11H9F3N2. The Balaban J connectivity index is 2.53. The fourth-order valence-electron chi connectivity index (χ4n) is 1.42. The minimum Gasteiger partial charge on any atom is -0.285 e. The summed E-state index contributed by atoms with van der Waals surface area (Å²) in [5, 5.41) is 6.23. The number of halogens is 3. The molecule has 1 heterocycles. The van der Waals surface area contributed by atoms with E-state index in [1.54, 1.807) is 0 Å². The highest BCUT2D eigenvalue weighted by molar-refractivity contribution is 5.62. The molecular weight excluding hydrogens is 217 g/mol. The van der Waals surface area contributed by atoms with Crippen molar-refractivity contribution in [3.63, 3.8) is 0 Å². The van der Waals surface area contributed by atoms with Crippen LogP contribution in [0.2, 0.25) is 0 Å². The molecule has 1 N–H and O–H groups in total.